The fourth-order valence-corrected chi connectivity index (χ4v) is 3.35. The van der Waals surface area contributed by atoms with Crippen LogP contribution in [0.25, 0.3) is 10.9 Å². The Morgan fingerprint density at radius 1 is 1.15 bits per heavy atom. The molecule has 0 spiro atoms. The van der Waals surface area contributed by atoms with Crippen LogP contribution >= 0.6 is 11.3 Å². The smallest absolute Gasteiger partial charge is 0.0705 e. The van der Waals surface area contributed by atoms with Gasteiger partial charge in [-0.3, -0.25) is 4.98 Å². The normalized spacial score (nSPS) is 12.7. The van der Waals surface area contributed by atoms with E-state index < -0.39 is 0 Å². The molecule has 0 aliphatic carbocycles. The minimum absolute atomic E-state index is 0.366. The van der Waals surface area contributed by atoms with Crippen molar-refractivity contribution in [1.82, 2.24) is 10.3 Å². The molecule has 1 N–H and O–H groups in total. The monoisotopic (exact) mass is 282 g/mol. The van der Waals surface area contributed by atoms with Gasteiger partial charge in [0.25, 0.3) is 0 Å². The molecule has 1 atom stereocenters. The molecule has 0 bridgehead atoms. The zero-order chi connectivity index (χ0) is 13.8. The second-order valence-electron chi connectivity index (χ2n) is 4.88. The summed E-state index contributed by atoms with van der Waals surface area (Å²) in [5, 5.41) is 6.84. The summed E-state index contributed by atoms with van der Waals surface area (Å²) < 4.78 is 0. The van der Waals surface area contributed by atoms with Gasteiger partial charge in [-0.25, -0.2) is 0 Å². The fourth-order valence-electron chi connectivity index (χ4n) is 2.63. The van der Waals surface area contributed by atoms with E-state index in [0.717, 1.165) is 18.4 Å². The summed E-state index contributed by atoms with van der Waals surface area (Å²) in [5.74, 6) is 0. The first-order valence-electron chi connectivity index (χ1n) is 6.92. The minimum Gasteiger partial charge on any atom is -0.313 e. The first-order chi connectivity index (χ1) is 9.88. The second kappa shape index (κ2) is 6.16. The van der Waals surface area contributed by atoms with Crippen molar-refractivity contribution in [3.63, 3.8) is 0 Å². The van der Waals surface area contributed by atoms with E-state index in [1.54, 1.807) is 0 Å². The van der Waals surface area contributed by atoms with Gasteiger partial charge in [-0.15, -0.1) is 11.3 Å². The summed E-state index contributed by atoms with van der Waals surface area (Å²) >= 11 is 1.83. The van der Waals surface area contributed by atoms with Crippen LogP contribution in [0.3, 0.4) is 0 Å². The summed E-state index contributed by atoms with van der Waals surface area (Å²) in [6, 6.07) is 15.2. The lowest BCUT2D eigenvalue weighted by Gasteiger charge is -2.18. The number of pyridine rings is 1. The molecule has 1 unspecified atom stereocenters. The Hall–Kier alpha value is -1.71. The Kier molecular flexibility index (Phi) is 4.09. The first-order valence-corrected chi connectivity index (χ1v) is 7.80. The van der Waals surface area contributed by atoms with E-state index >= 15 is 0 Å². The van der Waals surface area contributed by atoms with Gasteiger partial charge in [0, 0.05) is 22.5 Å². The van der Waals surface area contributed by atoms with Gasteiger partial charge in [-0.1, -0.05) is 24.3 Å². The third-order valence-electron chi connectivity index (χ3n) is 3.66. The van der Waals surface area contributed by atoms with Gasteiger partial charge < -0.3 is 5.32 Å². The lowest BCUT2D eigenvalue weighted by Crippen LogP contribution is -2.17. The van der Waals surface area contributed by atoms with Crippen LogP contribution in [0.15, 0.2) is 54.0 Å². The number of nitrogens with one attached hydrogen (secondary N) is 1. The Morgan fingerprint density at radius 2 is 2.10 bits per heavy atom. The van der Waals surface area contributed by atoms with Crippen molar-refractivity contribution in [2.75, 3.05) is 7.05 Å². The third kappa shape index (κ3) is 2.74. The molecule has 2 aromatic heterocycles. The summed E-state index contributed by atoms with van der Waals surface area (Å²) in [6.45, 7) is 0. The van der Waals surface area contributed by atoms with E-state index in [-0.39, 0.29) is 0 Å². The maximum Gasteiger partial charge on any atom is 0.0705 e. The largest absolute Gasteiger partial charge is 0.313 e. The maximum absolute atomic E-state index is 4.44. The van der Waals surface area contributed by atoms with E-state index in [1.165, 1.54) is 15.8 Å². The third-order valence-corrected chi connectivity index (χ3v) is 4.60. The SMILES string of the molecule is CNC(CCc1cccs1)c1cccc2ncccc12. The number of thiophene rings is 1. The van der Waals surface area contributed by atoms with Crippen LogP contribution in [0.2, 0.25) is 0 Å². The van der Waals surface area contributed by atoms with Crippen molar-refractivity contribution < 1.29 is 0 Å². The molecule has 0 aliphatic heterocycles. The molecule has 0 saturated heterocycles. The Labute approximate surface area is 123 Å². The number of hydrogen-bond donors (Lipinski definition) is 1. The standard InChI is InChI=1S/C17H18N2S/c1-18-16(10-9-13-5-4-12-20-13)14-6-2-8-17-15(14)7-3-11-19-17/h2-8,11-12,16,18H,9-10H2,1H3. The average molecular weight is 282 g/mol. The number of benzene rings is 1. The van der Waals surface area contributed by atoms with Gasteiger partial charge in [-0.2, -0.15) is 0 Å². The molecule has 20 heavy (non-hydrogen) atoms. The van der Waals surface area contributed by atoms with Gasteiger partial charge in [0.1, 0.15) is 0 Å². The molecule has 0 fully saturated rings. The molecular formula is C17H18N2S. The van der Waals surface area contributed by atoms with Gasteiger partial charge in [0.05, 0.1) is 5.52 Å². The summed E-state index contributed by atoms with van der Waals surface area (Å²) in [7, 11) is 2.04. The Bertz CT molecular complexity index is 671. The lowest BCUT2D eigenvalue weighted by atomic mass is 9.97. The van der Waals surface area contributed by atoms with Crippen molar-refractivity contribution in [3.05, 3.63) is 64.5 Å². The van der Waals surface area contributed by atoms with E-state index in [0.29, 0.717) is 6.04 Å². The van der Waals surface area contributed by atoms with E-state index in [2.05, 4.69) is 52.1 Å². The molecule has 2 heterocycles. The highest BCUT2D eigenvalue weighted by Crippen LogP contribution is 2.26. The molecular weight excluding hydrogens is 264 g/mol. The highest BCUT2D eigenvalue weighted by Gasteiger charge is 2.12. The van der Waals surface area contributed by atoms with Crippen molar-refractivity contribution in [2.45, 2.75) is 18.9 Å². The topological polar surface area (TPSA) is 24.9 Å². The van der Waals surface area contributed by atoms with Gasteiger partial charge in [0.2, 0.25) is 0 Å². The van der Waals surface area contributed by atoms with Crippen LogP contribution in [0.1, 0.15) is 22.9 Å². The highest BCUT2D eigenvalue weighted by molar-refractivity contribution is 7.09. The van der Waals surface area contributed by atoms with Crippen LogP contribution in [-0.4, -0.2) is 12.0 Å². The Morgan fingerprint density at radius 3 is 2.90 bits per heavy atom. The predicted molar refractivity (Wildman–Crippen MR) is 86.2 cm³/mol. The summed E-state index contributed by atoms with van der Waals surface area (Å²) in [6.07, 6.45) is 4.07. The number of fused-ring (bicyclic) bond motifs is 1. The summed E-state index contributed by atoms with van der Waals surface area (Å²) in [5.41, 5.74) is 2.41. The fraction of sp³-hybridized carbons (Fsp3) is 0.235. The quantitative estimate of drug-likeness (QED) is 0.759. The van der Waals surface area contributed by atoms with Crippen LogP contribution in [0.4, 0.5) is 0 Å². The number of aryl methyl sites for hydroxylation is 1. The Balaban J connectivity index is 1.87. The molecule has 0 amide bonds. The molecule has 3 rings (SSSR count). The van der Waals surface area contributed by atoms with Gasteiger partial charge >= 0.3 is 0 Å². The number of rotatable bonds is 5. The van der Waals surface area contributed by atoms with Gasteiger partial charge in [-0.05, 0) is 49.0 Å². The maximum atomic E-state index is 4.44. The van der Waals surface area contributed by atoms with Crippen LogP contribution < -0.4 is 5.32 Å². The summed E-state index contributed by atoms with van der Waals surface area (Å²) in [4.78, 5) is 5.89. The molecule has 3 aromatic rings. The van der Waals surface area contributed by atoms with Crippen molar-refractivity contribution in [3.8, 4) is 0 Å². The van der Waals surface area contributed by atoms with Crippen LogP contribution in [0, 0.1) is 0 Å². The van der Waals surface area contributed by atoms with Crippen LogP contribution in [0.5, 0.6) is 0 Å². The molecule has 3 heteroatoms. The minimum atomic E-state index is 0.366. The number of aromatic nitrogens is 1. The van der Waals surface area contributed by atoms with Crippen molar-refractivity contribution in [1.29, 1.82) is 0 Å². The van der Waals surface area contributed by atoms with E-state index in [9.17, 15) is 0 Å². The van der Waals surface area contributed by atoms with E-state index in [1.807, 2.05) is 30.6 Å². The molecule has 0 aliphatic rings. The van der Waals surface area contributed by atoms with Crippen molar-refractivity contribution in [2.24, 2.45) is 0 Å². The highest BCUT2D eigenvalue weighted by atomic mass is 32.1. The zero-order valence-electron chi connectivity index (χ0n) is 11.5. The van der Waals surface area contributed by atoms with Gasteiger partial charge in [0.15, 0.2) is 0 Å². The number of nitrogens with zero attached hydrogens (tertiary/aromatic N) is 1. The lowest BCUT2D eigenvalue weighted by molar-refractivity contribution is 0.555. The number of hydrogen-bond acceptors (Lipinski definition) is 3. The average Bonchev–Trinajstić information content (AvgIpc) is 3.01. The molecule has 102 valence electrons. The van der Waals surface area contributed by atoms with Crippen molar-refractivity contribution >= 4 is 22.2 Å². The molecule has 2 nitrogen and oxygen atoms in total. The zero-order valence-corrected chi connectivity index (χ0v) is 12.4. The molecule has 1 aromatic carbocycles. The molecule has 0 saturated carbocycles. The van der Waals surface area contributed by atoms with Crippen LogP contribution in [-0.2, 0) is 6.42 Å². The predicted octanol–water partition coefficient (Wildman–Crippen LogP) is 4.19. The van der Waals surface area contributed by atoms with E-state index in [4.69, 9.17) is 0 Å². The second-order valence-corrected chi connectivity index (χ2v) is 5.91. The first kappa shape index (κ1) is 13.3. The molecule has 0 radical (unpaired) electrons.